The van der Waals surface area contributed by atoms with Gasteiger partial charge in [-0.3, -0.25) is 0 Å². The van der Waals surface area contributed by atoms with Gasteiger partial charge in [-0.25, -0.2) is 15.0 Å². The summed E-state index contributed by atoms with van der Waals surface area (Å²) in [7, 11) is 0. The van der Waals surface area contributed by atoms with Gasteiger partial charge < -0.3 is 15.4 Å². The normalized spacial score (nSPS) is 18.0. The maximum atomic E-state index is 5.71. The first-order valence-corrected chi connectivity index (χ1v) is 8.09. The highest BCUT2D eigenvalue weighted by Gasteiger charge is 2.20. The number of anilines is 1. The van der Waals surface area contributed by atoms with Crippen LogP contribution in [0.15, 0.2) is 48.7 Å². The average Bonchev–Trinajstić information content (AvgIpc) is 2.68. The number of pyridine rings is 1. The summed E-state index contributed by atoms with van der Waals surface area (Å²) in [5.74, 6) is 0.846. The number of hydrogen-bond donors (Lipinski definition) is 1. The number of aromatic nitrogens is 3. The third-order valence-electron chi connectivity index (χ3n) is 4.19. The monoisotopic (exact) mass is 321 g/mol. The second-order valence-corrected chi connectivity index (χ2v) is 5.81. The molecule has 1 fully saturated rings. The van der Waals surface area contributed by atoms with E-state index in [1.807, 2.05) is 42.5 Å². The van der Waals surface area contributed by atoms with E-state index < -0.39 is 0 Å². The lowest BCUT2D eigenvalue weighted by atomic mass is 10.1. The second kappa shape index (κ2) is 6.51. The van der Waals surface area contributed by atoms with E-state index in [1.165, 1.54) is 0 Å². The highest BCUT2D eigenvalue weighted by molar-refractivity contribution is 5.75. The summed E-state index contributed by atoms with van der Waals surface area (Å²) >= 11 is 0. The molecule has 1 saturated heterocycles. The van der Waals surface area contributed by atoms with Crippen LogP contribution in [-0.2, 0) is 4.74 Å². The van der Waals surface area contributed by atoms with Crippen molar-refractivity contribution in [1.82, 2.24) is 15.0 Å². The number of benzene rings is 1. The number of rotatable bonds is 3. The standard InChI is InChI=1S/C18H19N5O/c19-10-14-12-23(8-9-24-14)17-11-20-18-16(21-17)7-6-15(22-18)13-4-2-1-3-5-13/h1-7,11,14H,8-10,12,19H2. The van der Waals surface area contributed by atoms with E-state index in [4.69, 9.17) is 15.5 Å². The van der Waals surface area contributed by atoms with Crippen LogP contribution < -0.4 is 10.6 Å². The predicted octanol–water partition coefficient (Wildman–Crippen LogP) is 1.86. The molecule has 0 saturated carbocycles. The van der Waals surface area contributed by atoms with Gasteiger partial charge in [-0.05, 0) is 12.1 Å². The van der Waals surface area contributed by atoms with Crippen LogP contribution in [0.4, 0.5) is 5.82 Å². The van der Waals surface area contributed by atoms with Crippen molar-refractivity contribution in [3.63, 3.8) is 0 Å². The smallest absolute Gasteiger partial charge is 0.178 e. The minimum absolute atomic E-state index is 0.0508. The first-order chi connectivity index (χ1) is 11.8. The first-order valence-electron chi connectivity index (χ1n) is 8.09. The quantitative estimate of drug-likeness (QED) is 0.793. The third kappa shape index (κ3) is 2.93. The number of morpholine rings is 1. The summed E-state index contributed by atoms with van der Waals surface area (Å²) in [6.45, 7) is 2.71. The van der Waals surface area contributed by atoms with Gasteiger partial charge in [0.2, 0.25) is 0 Å². The van der Waals surface area contributed by atoms with E-state index in [1.54, 1.807) is 6.20 Å². The molecule has 4 rings (SSSR count). The van der Waals surface area contributed by atoms with Crippen molar-refractivity contribution in [2.24, 2.45) is 5.73 Å². The number of ether oxygens (including phenoxy) is 1. The molecule has 0 radical (unpaired) electrons. The van der Waals surface area contributed by atoms with Crippen molar-refractivity contribution in [3.05, 3.63) is 48.7 Å². The molecule has 0 aliphatic carbocycles. The molecule has 1 atom stereocenters. The fourth-order valence-electron chi connectivity index (χ4n) is 2.89. The highest BCUT2D eigenvalue weighted by Crippen LogP contribution is 2.21. The summed E-state index contributed by atoms with van der Waals surface area (Å²) in [5.41, 5.74) is 9.13. The molecule has 2 N–H and O–H groups in total. The molecule has 122 valence electrons. The molecular formula is C18H19N5O. The lowest BCUT2D eigenvalue weighted by molar-refractivity contribution is 0.0463. The number of nitrogens with two attached hydrogens (primary N) is 1. The van der Waals surface area contributed by atoms with Crippen molar-refractivity contribution in [2.45, 2.75) is 6.10 Å². The molecule has 24 heavy (non-hydrogen) atoms. The fraction of sp³-hybridized carbons (Fsp3) is 0.278. The van der Waals surface area contributed by atoms with E-state index in [0.717, 1.165) is 35.7 Å². The number of nitrogens with zero attached hydrogens (tertiary/aromatic N) is 4. The zero-order valence-electron chi connectivity index (χ0n) is 13.3. The van der Waals surface area contributed by atoms with Gasteiger partial charge in [0.15, 0.2) is 5.65 Å². The molecule has 3 aromatic rings. The summed E-state index contributed by atoms with van der Waals surface area (Å²) in [5, 5.41) is 0. The Balaban J connectivity index is 1.64. The lowest BCUT2D eigenvalue weighted by Crippen LogP contribution is -2.46. The van der Waals surface area contributed by atoms with Crippen molar-refractivity contribution in [2.75, 3.05) is 31.1 Å². The maximum absolute atomic E-state index is 5.71. The Labute approximate surface area is 140 Å². The molecule has 6 heteroatoms. The van der Waals surface area contributed by atoms with Crippen molar-refractivity contribution < 1.29 is 4.74 Å². The SMILES string of the molecule is NCC1CN(c2cnc3nc(-c4ccccc4)ccc3n2)CCO1. The van der Waals surface area contributed by atoms with E-state index in [2.05, 4.69) is 14.9 Å². The summed E-state index contributed by atoms with van der Waals surface area (Å²) in [4.78, 5) is 16.0. The van der Waals surface area contributed by atoms with Gasteiger partial charge >= 0.3 is 0 Å². The van der Waals surface area contributed by atoms with E-state index >= 15 is 0 Å². The van der Waals surface area contributed by atoms with Crippen molar-refractivity contribution in [3.8, 4) is 11.3 Å². The Morgan fingerprint density at radius 2 is 2.00 bits per heavy atom. The lowest BCUT2D eigenvalue weighted by Gasteiger charge is -2.32. The van der Waals surface area contributed by atoms with Crippen molar-refractivity contribution in [1.29, 1.82) is 0 Å². The molecular weight excluding hydrogens is 302 g/mol. The summed E-state index contributed by atoms with van der Waals surface area (Å²) < 4.78 is 5.60. The minimum atomic E-state index is 0.0508. The van der Waals surface area contributed by atoms with E-state index in [-0.39, 0.29) is 6.10 Å². The molecule has 3 heterocycles. The molecule has 1 aliphatic rings. The van der Waals surface area contributed by atoms with Gasteiger partial charge in [0.05, 0.1) is 24.6 Å². The summed E-state index contributed by atoms with van der Waals surface area (Å²) in [6, 6.07) is 14.0. The fourth-order valence-corrected chi connectivity index (χ4v) is 2.89. The van der Waals surface area contributed by atoms with Crippen molar-refractivity contribution >= 4 is 17.0 Å². The van der Waals surface area contributed by atoms with Crippen LogP contribution in [0.3, 0.4) is 0 Å². The Morgan fingerprint density at radius 1 is 1.12 bits per heavy atom. The van der Waals surface area contributed by atoms with Gasteiger partial charge in [0, 0.05) is 25.2 Å². The Morgan fingerprint density at radius 3 is 2.83 bits per heavy atom. The first kappa shape index (κ1) is 15.0. The zero-order chi connectivity index (χ0) is 16.4. The molecule has 0 amide bonds. The molecule has 1 unspecified atom stereocenters. The maximum Gasteiger partial charge on any atom is 0.178 e. The Kier molecular flexibility index (Phi) is 4.06. The minimum Gasteiger partial charge on any atom is -0.373 e. The molecule has 0 bridgehead atoms. The zero-order valence-corrected chi connectivity index (χ0v) is 13.3. The highest BCUT2D eigenvalue weighted by atomic mass is 16.5. The second-order valence-electron chi connectivity index (χ2n) is 5.81. The molecule has 6 nitrogen and oxygen atoms in total. The Hall–Kier alpha value is -2.57. The largest absolute Gasteiger partial charge is 0.373 e. The van der Waals surface area contributed by atoms with Crippen LogP contribution in [0, 0.1) is 0 Å². The molecule has 2 aromatic heterocycles. The van der Waals surface area contributed by atoms with Crippen LogP contribution >= 0.6 is 0 Å². The van der Waals surface area contributed by atoms with Gasteiger partial charge in [-0.1, -0.05) is 30.3 Å². The van der Waals surface area contributed by atoms with E-state index in [0.29, 0.717) is 18.8 Å². The molecule has 0 spiro atoms. The van der Waals surface area contributed by atoms with Crippen LogP contribution in [0.5, 0.6) is 0 Å². The number of hydrogen-bond acceptors (Lipinski definition) is 6. The Bertz CT molecular complexity index is 839. The third-order valence-corrected chi connectivity index (χ3v) is 4.19. The molecule has 1 aliphatic heterocycles. The topological polar surface area (TPSA) is 77.2 Å². The summed E-state index contributed by atoms with van der Waals surface area (Å²) in [6.07, 6.45) is 1.83. The molecule has 1 aromatic carbocycles. The van der Waals surface area contributed by atoms with Gasteiger partial charge in [-0.2, -0.15) is 0 Å². The average molecular weight is 321 g/mol. The van der Waals surface area contributed by atoms with Crippen LogP contribution in [0.2, 0.25) is 0 Å². The van der Waals surface area contributed by atoms with Crippen LogP contribution in [0.25, 0.3) is 22.4 Å². The predicted molar refractivity (Wildman–Crippen MR) is 93.8 cm³/mol. The number of fused-ring (bicyclic) bond motifs is 1. The van der Waals surface area contributed by atoms with Gasteiger partial charge in [0.25, 0.3) is 0 Å². The van der Waals surface area contributed by atoms with Gasteiger partial charge in [0.1, 0.15) is 11.3 Å². The van der Waals surface area contributed by atoms with E-state index in [9.17, 15) is 0 Å². The van der Waals surface area contributed by atoms with Gasteiger partial charge in [-0.15, -0.1) is 0 Å². The van der Waals surface area contributed by atoms with Crippen LogP contribution in [0.1, 0.15) is 0 Å². The van der Waals surface area contributed by atoms with Crippen LogP contribution in [-0.4, -0.2) is 47.3 Å².